The Morgan fingerprint density at radius 3 is 3.00 bits per heavy atom. The molecule has 0 aromatic heterocycles. The van der Waals surface area contributed by atoms with Crippen molar-refractivity contribution in [2.24, 2.45) is 17.8 Å². The molecule has 0 aromatic carbocycles. The van der Waals surface area contributed by atoms with Gasteiger partial charge in [0.05, 0.1) is 18.6 Å². The second-order valence-corrected chi connectivity index (χ2v) is 5.85. The summed E-state index contributed by atoms with van der Waals surface area (Å²) in [6.07, 6.45) is 3.25. The summed E-state index contributed by atoms with van der Waals surface area (Å²) in [4.78, 5) is 25.4. The molecule has 0 aromatic rings. The van der Waals surface area contributed by atoms with E-state index < -0.39 is 29.5 Å². The van der Waals surface area contributed by atoms with Crippen LogP contribution in [-0.4, -0.2) is 46.7 Å². The van der Waals surface area contributed by atoms with Gasteiger partial charge in [0.15, 0.2) is 0 Å². The fourth-order valence-corrected chi connectivity index (χ4v) is 3.46. The lowest BCUT2D eigenvalue weighted by Gasteiger charge is -2.22. The van der Waals surface area contributed by atoms with Gasteiger partial charge in [0.25, 0.3) is 0 Å². The van der Waals surface area contributed by atoms with E-state index in [9.17, 15) is 14.7 Å². The van der Waals surface area contributed by atoms with Gasteiger partial charge in [-0.15, -0.1) is 0 Å². The Morgan fingerprint density at radius 2 is 2.39 bits per heavy atom. The largest absolute Gasteiger partial charge is 0.481 e. The molecule has 18 heavy (non-hydrogen) atoms. The summed E-state index contributed by atoms with van der Waals surface area (Å²) in [6.45, 7) is 5.24. The SMILES string of the molecule is CC(C)CN1C[C@]23C=C[C@H](O2)[C@@H](C(=O)O)[C@H]3C1=O. The van der Waals surface area contributed by atoms with Gasteiger partial charge >= 0.3 is 5.97 Å². The van der Waals surface area contributed by atoms with Crippen molar-refractivity contribution in [2.45, 2.75) is 25.6 Å². The number of amides is 1. The molecule has 0 saturated carbocycles. The van der Waals surface area contributed by atoms with E-state index in [0.717, 1.165) is 0 Å². The maximum atomic E-state index is 12.4. The zero-order valence-corrected chi connectivity index (χ0v) is 10.5. The third-order valence-corrected chi connectivity index (χ3v) is 4.05. The number of rotatable bonds is 3. The number of carbonyl (C=O) groups is 2. The Kier molecular flexibility index (Phi) is 2.32. The number of hydrogen-bond acceptors (Lipinski definition) is 3. The van der Waals surface area contributed by atoms with Gasteiger partial charge in [-0.05, 0) is 5.92 Å². The molecule has 3 aliphatic rings. The van der Waals surface area contributed by atoms with Gasteiger partial charge in [-0.25, -0.2) is 0 Å². The summed E-state index contributed by atoms with van der Waals surface area (Å²) >= 11 is 0. The summed E-state index contributed by atoms with van der Waals surface area (Å²) in [5, 5.41) is 9.28. The van der Waals surface area contributed by atoms with Crippen LogP contribution in [0.1, 0.15) is 13.8 Å². The van der Waals surface area contributed by atoms with Crippen LogP contribution in [0.2, 0.25) is 0 Å². The molecule has 1 N–H and O–H groups in total. The molecule has 5 heteroatoms. The summed E-state index contributed by atoms with van der Waals surface area (Å²) in [5.41, 5.74) is -0.681. The van der Waals surface area contributed by atoms with Gasteiger partial charge in [-0.2, -0.15) is 0 Å². The molecule has 1 amide bonds. The van der Waals surface area contributed by atoms with Crippen LogP contribution in [0, 0.1) is 17.8 Å². The van der Waals surface area contributed by atoms with Gasteiger partial charge in [-0.3, -0.25) is 9.59 Å². The smallest absolute Gasteiger partial charge is 0.310 e. The number of likely N-dealkylation sites (tertiary alicyclic amines) is 1. The molecule has 98 valence electrons. The minimum absolute atomic E-state index is 0.0667. The summed E-state index contributed by atoms with van der Waals surface area (Å²) in [7, 11) is 0. The predicted molar refractivity (Wildman–Crippen MR) is 62.8 cm³/mol. The third-order valence-electron chi connectivity index (χ3n) is 4.05. The summed E-state index contributed by atoms with van der Waals surface area (Å²) < 4.78 is 5.79. The molecule has 5 nitrogen and oxygen atoms in total. The van der Waals surface area contributed by atoms with Crippen LogP contribution < -0.4 is 0 Å². The number of carbonyl (C=O) groups excluding carboxylic acids is 1. The van der Waals surface area contributed by atoms with Crippen LogP contribution in [0.25, 0.3) is 0 Å². The zero-order chi connectivity index (χ0) is 13.1. The lowest BCUT2D eigenvalue weighted by molar-refractivity contribution is -0.148. The van der Waals surface area contributed by atoms with Crippen molar-refractivity contribution in [3.05, 3.63) is 12.2 Å². The Hall–Kier alpha value is -1.36. The van der Waals surface area contributed by atoms with E-state index in [-0.39, 0.29) is 5.91 Å². The monoisotopic (exact) mass is 251 g/mol. The van der Waals surface area contributed by atoms with E-state index in [1.54, 1.807) is 11.0 Å². The molecule has 3 rings (SSSR count). The number of fused-ring (bicyclic) bond motifs is 1. The number of carboxylic acid groups (broad SMARTS) is 1. The second kappa shape index (κ2) is 3.57. The molecule has 2 saturated heterocycles. The number of nitrogens with zero attached hydrogens (tertiary/aromatic N) is 1. The Labute approximate surface area is 105 Å². The van der Waals surface area contributed by atoms with Crippen LogP contribution in [0.15, 0.2) is 12.2 Å². The minimum Gasteiger partial charge on any atom is -0.481 e. The molecule has 0 aliphatic carbocycles. The summed E-state index contributed by atoms with van der Waals surface area (Å²) in [5.74, 6) is -1.89. The van der Waals surface area contributed by atoms with Crippen molar-refractivity contribution >= 4 is 11.9 Å². The Morgan fingerprint density at radius 1 is 1.67 bits per heavy atom. The zero-order valence-electron chi connectivity index (χ0n) is 10.5. The van der Waals surface area contributed by atoms with E-state index in [2.05, 4.69) is 0 Å². The number of carboxylic acids is 1. The van der Waals surface area contributed by atoms with Crippen molar-refractivity contribution < 1.29 is 19.4 Å². The fourth-order valence-electron chi connectivity index (χ4n) is 3.46. The molecule has 1 spiro atoms. The van der Waals surface area contributed by atoms with Gasteiger partial charge in [0.2, 0.25) is 5.91 Å². The van der Waals surface area contributed by atoms with E-state index in [0.29, 0.717) is 19.0 Å². The van der Waals surface area contributed by atoms with Gasteiger partial charge < -0.3 is 14.7 Å². The van der Waals surface area contributed by atoms with Gasteiger partial charge in [0, 0.05) is 6.54 Å². The van der Waals surface area contributed by atoms with Crippen molar-refractivity contribution in [3.8, 4) is 0 Å². The first kappa shape index (κ1) is 11.7. The first-order valence-corrected chi connectivity index (χ1v) is 6.33. The first-order valence-electron chi connectivity index (χ1n) is 6.33. The second-order valence-electron chi connectivity index (χ2n) is 5.85. The highest BCUT2D eigenvalue weighted by molar-refractivity contribution is 5.90. The maximum absolute atomic E-state index is 12.4. The van der Waals surface area contributed by atoms with Gasteiger partial charge in [-0.1, -0.05) is 26.0 Å². The highest BCUT2D eigenvalue weighted by atomic mass is 16.5. The van der Waals surface area contributed by atoms with Crippen molar-refractivity contribution in [3.63, 3.8) is 0 Å². The molecule has 4 atom stereocenters. The van der Waals surface area contributed by atoms with Crippen LogP contribution in [0.3, 0.4) is 0 Å². The van der Waals surface area contributed by atoms with Crippen LogP contribution in [-0.2, 0) is 14.3 Å². The Balaban J connectivity index is 1.92. The normalized spacial score (nSPS) is 40.9. The van der Waals surface area contributed by atoms with E-state index in [4.69, 9.17) is 4.74 Å². The molecule has 3 aliphatic heterocycles. The Bertz CT molecular complexity index is 444. The highest BCUT2D eigenvalue weighted by Crippen LogP contribution is 2.51. The van der Waals surface area contributed by atoms with Crippen LogP contribution >= 0.6 is 0 Å². The minimum atomic E-state index is -0.934. The fraction of sp³-hybridized carbons (Fsp3) is 0.692. The maximum Gasteiger partial charge on any atom is 0.310 e. The highest BCUT2D eigenvalue weighted by Gasteiger charge is 2.66. The molecule has 2 fully saturated rings. The quantitative estimate of drug-likeness (QED) is 0.742. The van der Waals surface area contributed by atoms with Crippen molar-refractivity contribution in [1.29, 1.82) is 0 Å². The molecule has 0 unspecified atom stereocenters. The van der Waals surface area contributed by atoms with Crippen LogP contribution in [0.4, 0.5) is 0 Å². The van der Waals surface area contributed by atoms with Crippen molar-refractivity contribution in [1.82, 2.24) is 4.90 Å². The molecular formula is C13H17NO4. The van der Waals surface area contributed by atoms with Crippen molar-refractivity contribution in [2.75, 3.05) is 13.1 Å². The standard InChI is InChI=1S/C13H17NO4/c1-7(2)5-14-6-13-4-3-8(18-13)9(12(16)17)10(13)11(14)15/h3-4,7-10H,5-6H2,1-2H3,(H,16,17)/t8-,9+,10-,13-/m0/s1. The summed E-state index contributed by atoms with van der Waals surface area (Å²) in [6, 6.07) is 0. The topological polar surface area (TPSA) is 66.8 Å². The lowest BCUT2D eigenvalue weighted by atomic mass is 9.77. The molecular weight excluding hydrogens is 234 g/mol. The number of aliphatic carboxylic acids is 1. The van der Waals surface area contributed by atoms with E-state index in [1.807, 2.05) is 19.9 Å². The average molecular weight is 251 g/mol. The van der Waals surface area contributed by atoms with E-state index >= 15 is 0 Å². The van der Waals surface area contributed by atoms with Crippen LogP contribution in [0.5, 0.6) is 0 Å². The lowest BCUT2D eigenvalue weighted by Crippen LogP contribution is -2.39. The first-order chi connectivity index (χ1) is 8.44. The molecule has 2 bridgehead atoms. The average Bonchev–Trinajstić information content (AvgIpc) is 2.87. The molecule has 3 heterocycles. The van der Waals surface area contributed by atoms with Gasteiger partial charge in [0.1, 0.15) is 11.5 Å². The predicted octanol–water partition coefficient (Wildman–Crippen LogP) is 0.509. The number of hydrogen-bond donors (Lipinski definition) is 1. The molecule has 0 radical (unpaired) electrons. The number of ether oxygens (including phenoxy) is 1. The van der Waals surface area contributed by atoms with E-state index in [1.165, 1.54) is 0 Å². The third kappa shape index (κ3) is 1.37.